The van der Waals surface area contributed by atoms with Crippen molar-refractivity contribution in [3.05, 3.63) is 105 Å². The number of carbonyl (C=O) groups is 1. The van der Waals surface area contributed by atoms with E-state index < -0.39 is 21.9 Å². The number of nitro benzene ring substituents is 2. The lowest BCUT2D eigenvalue weighted by Gasteiger charge is -2.10. The Morgan fingerprint density at radius 2 is 1.24 bits per heavy atom. The molecule has 0 bridgehead atoms. The molecule has 4 rings (SSSR count). The topological polar surface area (TPSA) is 161 Å². The van der Waals surface area contributed by atoms with Crippen molar-refractivity contribution < 1.29 is 19.4 Å². The molecule has 1 heterocycles. The Hall–Kier alpha value is -5.13. The summed E-state index contributed by atoms with van der Waals surface area (Å²) in [4.78, 5) is 33.2. The van der Waals surface area contributed by atoms with Crippen LogP contribution in [0.2, 0.25) is 0 Å². The lowest BCUT2D eigenvalue weighted by atomic mass is 10.0. The fourth-order valence-corrected chi connectivity index (χ4v) is 3.08. The van der Waals surface area contributed by atoms with Crippen molar-refractivity contribution in [1.29, 1.82) is 0 Å². The van der Waals surface area contributed by atoms with E-state index in [1.165, 1.54) is 48.5 Å². The van der Waals surface area contributed by atoms with Gasteiger partial charge in [0.2, 0.25) is 0 Å². The summed E-state index contributed by atoms with van der Waals surface area (Å²) in [6, 6.07) is 20.0. The summed E-state index contributed by atoms with van der Waals surface area (Å²) in [6.07, 6.45) is -0.836. The Balaban J connectivity index is 1.63. The Bertz CT molecular complexity index is 1290. The molecule has 0 aromatic heterocycles. The van der Waals surface area contributed by atoms with E-state index in [4.69, 9.17) is 4.74 Å². The molecule has 170 valence electrons. The molecule has 3 aromatic carbocycles. The third-order valence-electron chi connectivity index (χ3n) is 4.77. The zero-order valence-electron chi connectivity index (χ0n) is 17.3. The number of carbonyl (C=O) groups excluding carboxylic acids is 1. The van der Waals surface area contributed by atoms with Gasteiger partial charge in [0.05, 0.1) is 21.2 Å². The first kappa shape index (κ1) is 22.1. The van der Waals surface area contributed by atoms with E-state index in [9.17, 15) is 25.0 Å². The van der Waals surface area contributed by atoms with E-state index in [0.717, 1.165) is 0 Å². The van der Waals surface area contributed by atoms with Crippen LogP contribution in [0.1, 0.15) is 11.7 Å². The molecule has 1 aliphatic heterocycles. The molecule has 1 saturated heterocycles. The van der Waals surface area contributed by atoms with Crippen LogP contribution < -0.4 is 10.9 Å². The van der Waals surface area contributed by atoms with Crippen LogP contribution in [0.5, 0.6) is 0 Å². The molecular formula is C22H16N6O6. The maximum atomic E-state index is 12.6. The third-order valence-corrected chi connectivity index (χ3v) is 4.77. The number of cyclic esters (lactones) is 1. The standard InChI is InChI=1S/C22H16N6O6/c29-22-20(26-24-16-8-12-18(13-9-16)28(32)33)19(21(34-22)14-4-2-1-3-5-14)25-23-15-6-10-17(11-7-15)27(30)31/h1-13,21,23-24H/b25-19-,26-20-. The second-order valence-corrected chi connectivity index (χ2v) is 6.99. The van der Waals surface area contributed by atoms with Crippen LogP contribution in [0.25, 0.3) is 0 Å². The normalized spacial score (nSPS) is 17.4. The highest BCUT2D eigenvalue weighted by Gasteiger charge is 2.39. The molecule has 0 aliphatic carbocycles. The van der Waals surface area contributed by atoms with Gasteiger partial charge in [-0.15, -0.1) is 0 Å². The maximum absolute atomic E-state index is 12.6. The molecular weight excluding hydrogens is 444 g/mol. The fraction of sp³-hybridized carbons (Fsp3) is 0.0455. The van der Waals surface area contributed by atoms with E-state index in [1.54, 1.807) is 24.3 Å². The Kier molecular flexibility index (Phi) is 6.21. The number of hydrazone groups is 2. The summed E-state index contributed by atoms with van der Waals surface area (Å²) in [5.41, 5.74) is 6.91. The van der Waals surface area contributed by atoms with Gasteiger partial charge < -0.3 is 4.74 Å². The van der Waals surface area contributed by atoms with Crippen molar-refractivity contribution in [1.82, 2.24) is 0 Å². The Morgan fingerprint density at radius 1 is 0.735 bits per heavy atom. The van der Waals surface area contributed by atoms with Gasteiger partial charge >= 0.3 is 5.97 Å². The zero-order valence-corrected chi connectivity index (χ0v) is 17.3. The van der Waals surface area contributed by atoms with Gasteiger partial charge in [-0.25, -0.2) is 4.79 Å². The number of ether oxygens (including phenoxy) is 1. The van der Waals surface area contributed by atoms with Crippen LogP contribution in [0.15, 0.2) is 89.1 Å². The third kappa shape index (κ3) is 4.85. The Morgan fingerprint density at radius 3 is 1.74 bits per heavy atom. The van der Waals surface area contributed by atoms with Gasteiger partial charge in [0, 0.05) is 24.3 Å². The number of anilines is 2. The molecule has 0 saturated carbocycles. The van der Waals surface area contributed by atoms with Gasteiger partial charge in [0.15, 0.2) is 11.8 Å². The summed E-state index contributed by atoms with van der Waals surface area (Å²) in [5.74, 6) is -0.715. The molecule has 0 spiro atoms. The number of nitro groups is 2. The quantitative estimate of drug-likeness (QED) is 0.303. The van der Waals surface area contributed by atoms with Crippen molar-refractivity contribution >= 4 is 40.1 Å². The van der Waals surface area contributed by atoms with Gasteiger partial charge in [-0.1, -0.05) is 30.3 Å². The van der Waals surface area contributed by atoms with Crippen LogP contribution in [-0.4, -0.2) is 27.2 Å². The number of esters is 1. The second kappa shape index (κ2) is 9.56. The minimum Gasteiger partial charge on any atom is -0.446 e. The van der Waals surface area contributed by atoms with Crippen molar-refractivity contribution in [3.63, 3.8) is 0 Å². The number of benzene rings is 3. The molecule has 1 aliphatic rings. The van der Waals surface area contributed by atoms with Gasteiger partial charge in [-0.2, -0.15) is 10.2 Å². The molecule has 2 N–H and O–H groups in total. The average molecular weight is 460 g/mol. The number of hydrogen-bond donors (Lipinski definition) is 2. The van der Waals surface area contributed by atoms with Gasteiger partial charge in [0.25, 0.3) is 11.4 Å². The summed E-state index contributed by atoms with van der Waals surface area (Å²) in [5, 5.41) is 30.1. The molecule has 12 nitrogen and oxygen atoms in total. The van der Waals surface area contributed by atoms with Crippen LogP contribution in [-0.2, 0) is 9.53 Å². The highest BCUT2D eigenvalue weighted by molar-refractivity contribution is 6.69. The van der Waals surface area contributed by atoms with E-state index in [1.807, 2.05) is 6.07 Å². The van der Waals surface area contributed by atoms with Gasteiger partial charge in [-0.05, 0) is 29.8 Å². The smallest absolute Gasteiger partial charge is 0.361 e. The lowest BCUT2D eigenvalue weighted by molar-refractivity contribution is -0.385. The highest BCUT2D eigenvalue weighted by atomic mass is 16.6. The van der Waals surface area contributed by atoms with E-state index in [-0.39, 0.29) is 22.8 Å². The minimum atomic E-state index is -0.836. The number of nitrogens with one attached hydrogen (secondary N) is 2. The van der Waals surface area contributed by atoms with Crippen LogP contribution in [0.3, 0.4) is 0 Å². The van der Waals surface area contributed by atoms with E-state index in [0.29, 0.717) is 16.9 Å². The van der Waals surface area contributed by atoms with Crippen molar-refractivity contribution in [2.75, 3.05) is 10.9 Å². The molecule has 1 fully saturated rings. The minimum absolute atomic E-state index is 0.0747. The maximum Gasteiger partial charge on any atom is 0.361 e. The van der Waals surface area contributed by atoms with Crippen LogP contribution >= 0.6 is 0 Å². The molecule has 0 radical (unpaired) electrons. The summed E-state index contributed by atoms with van der Waals surface area (Å²) >= 11 is 0. The molecule has 0 amide bonds. The molecule has 12 heteroatoms. The number of rotatable bonds is 7. The summed E-state index contributed by atoms with van der Waals surface area (Å²) in [6.45, 7) is 0. The predicted molar refractivity (Wildman–Crippen MR) is 124 cm³/mol. The molecule has 34 heavy (non-hydrogen) atoms. The SMILES string of the molecule is O=C1OC(c2ccccc2)C(=N\Nc2ccc([N+](=O)[O-])cc2)/C1=N/Nc1ccc([N+](=O)[O-])cc1. The van der Waals surface area contributed by atoms with Gasteiger partial charge in [-0.3, -0.25) is 31.1 Å². The Labute approximate surface area is 191 Å². The lowest BCUT2D eigenvalue weighted by Crippen LogP contribution is -2.20. The van der Waals surface area contributed by atoms with Crippen molar-refractivity contribution in [3.8, 4) is 0 Å². The average Bonchev–Trinajstić information content (AvgIpc) is 3.17. The monoisotopic (exact) mass is 460 g/mol. The van der Waals surface area contributed by atoms with Crippen molar-refractivity contribution in [2.45, 2.75) is 6.10 Å². The second-order valence-electron chi connectivity index (χ2n) is 6.99. The van der Waals surface area contributed by atoms with Crippen LogP contribution in [0.4, 0.5) is 22.7 Å². The first-order valence-corrected chi connectivity index (χ1v) is 9.85. The fourth-order valence-electron chi connectivity index (χ4n) is 3.08. The summed E-state index contributed by atoms with van der Waals surface area (Å²) in [7, 11) is 0. The highest BCUT2D eigenvalue weighted by Crippen LogP contribution is 2.27. The van der Waals surface area contributed by atoms with Crippen LogP contribution in [0, 0.1) is 20.2 Å². The largest absolute Gasteiger partial charge is 0.446 e. The van der Waals surface area contributed by atoms with E-state index in [2.05, 4.69) is 21.1 Å². The first-order chi connectivity index (χ1) is 16.4. The molecule has 3 aromatic rings. The number of non-ortho nitro benzene ring substituents is 2. The van der Waals surface area contributed by atoms with Gasteiger partial charge in [0.1, 0.15) is 5.71 Å². The number of nitrogens with zero attached hydrogens (tertiary/aromatic N) is 4. The first-order valence-electron chi connectivity index (χ1n) is 9.85. The van der Waals surface area contributed by atoms with E-state index >= 15 is 0 Å². The zero-order chi connectivity index (χ0) is 24.1. The molecule has 1 atom stereocenters. The predicted octanol–water partition coefficient (Wildman–Crippen LogP) is 4.04. The number of hydrogen-bond acceptors (Lipinski definition) is 10. The van der Waals surface area contributed by atoms with Crippen molar-refractivity contribution in [2.24, 2.45) is 10.2 Å². The molecule has 1 unspecified atom stereocenters. The summed E-state index contributed by atoms with van der Waals surface area (Å²) < 4.78 is 5.49.